The molecule has 5 rings (SSSR count). The maximum atomic E-state index is 12.7. The summed E-state index contributed by atoms with van der Waals surface area (Å²) < 4.78 is 11.2. The average molecular weight is 445 g/mol. The van der Waals surface area contributed by atoms with Gasteiger partial charge in [-0.15, -0.1) is 0 Å². The van der Waals surface area contributed by atoms with Crippen LogP contribution in [0.2, 0.25) is 0 Å². The molecule has 0 aliphatic carbocycles. The Morgan fingerprint density at radius 2 is 1.85 bits per heavy atom. The van der Waals surface area contributed by atoms with Gasteiger partial charge in [0.25, 0.3) is 17.5 Å². The summed E-state index contributed by atoms with van der Waals surface area (Å²) >= 11 is 0. The lowest BCUT2D eigenvalue weighted by molar-refractivity contribution is -0.385. The van der Waals surface area contributed by atoms with Crippen LogP contribution in [-0.4, -0.2) is 41.2 Å². The number of anilines is 1. The molecule has 0 saturated carbocycles. The standard InChI is InChI=1S/C23H15N3O7/c1-32-19-9-14-12-5-2-3-8-17(12)33-18(14)10-15(19)24-20(27)11-25-22(28)13-6-4-7-16(26(30)31)21(13)23(25)29/h2-10H,11H2,1H3,(H,24,27). The van der Waals surface area contributed by atoms with Crippen molar-refractivity contribution in [3.05, 3.63) is 75.8 Å². The number of nitrogens with one attached hydrogen (secondary N) is 1. The smallest absolute Gasteiger partial charge is 0.282 e. The first kappa shape index (κ1) is 20.2. The number of nitro benzene ring substituents is 1. The highest BCUT2D eigenvalue weighted by atomic mass is 16.6. The van der Waals surface area contributed by atoms with E-state index in [1.165, 1.54) is 19.2 Å². The van der Waals surface area contributed by atoms with E-state index in [-0.39, 0.29) is 16.8 Å². The van der Waals surface area contributed by atoms with Crippen LogP contribution in [-0.2, 0) is 4.79 Å². The van der Waals surface area contributed by atoms with Crippen molar-refractivity contribution >= 4 is 51.0 Å². The molecule has 2 heterocycles. The molecule has 164 valence electrons. The number of carbonyl (C=O) groups is 3. The zero-order valence-electron chi connectivity index (χ0n) is 17.2. The highest BCUT2D eigenvalue weighted by Crippen LogP contribution is 2.36. The van der Waals surface area contributed by atoms with E-state index >= 15 is 0 Å². The molecule has 10 heteroatoms. The van der Waals surface area contributed by atoms with Gasteiger partial charge < -0.3 is 14.5 Å². The molecule has 10 nitrogen and oxygen atoms in total. The van der Waals surface area contributed by atoms with Crippen molar-refractivity contribution in [1.82, 2.24) is 4.90 Å². The lowest BCUT2D eigenvalue weighted by Crippen LogP contribution is -2.37. The van der Waals surface area contributed by atoms with Gasteiger partial charge in [0.1, 0.15) is 29.0 Å². The van der Waals surface area contributed by atoms with Crippen LogP contribution in [0.3, 0.4) is 0 Å². The normalized spacial score (nSPS) is 12.9. The van der Waals surface area contributed by atoms with Gasteiger partial charge in [-0.05, 0) is 18.2 Å². The van der Waals surface area contributed by atoms with E-state index in [0.29, 0.717) is 21.8 Å². The molecule has 0 unspecified atom stereocenters. The first-order chi connectivity index (χ1) is 15.9. The first-order valence-corrected chi connectivity index (χ1v) is 9.81. The number of methoxy groups -OCH3 is 1. The summed E-state index contributed by atoms with van der Waals surface area (Å²) in [5.41, 5.74) is 0.571. The van der Waals surface area contributed by atoms with E-state index < -0.39 is 34.9 Å². The monoisotopic (exact) mass is 445 g/mol. The molecule has 4 aromatic rings. The molecule has 1 N–H and O–H groups in total. The van der Waals surface area contributed by atoms with Crippen molar-refractivity contribution in [2.24, 2.45) is 0 Å². The summed E-state index contributed by atoms with van der Waals surface area (Å²) in [6, 6.07) is 14.5. The molecular formula is C23H15N3O7. The maximum absolute atomic E-state index is 12.7. The Hall–Kier alpha value is -4.73. The molecule has 3 aromatic carbocycles. The Morgan fingerprint density at radius 1 is 1.06 bits per heavy atom. The number of para-hydroxylation sites is 1. The SMILES string of the molecule is COc1cc2c(cc1NC(=O)CN1C(=O)c3cccc([N+](=O)[O-])c3C1=O)oc1ccccc12. The Balaban J connectivity index is 1.43. The average Bonchev–Trinajstić information content (AvgIpc) is 3.28. The van der Waals surface area contributed by atoms with Gasteiger partial charge >= 0.3 is 0 Å². The van der Waals surface area contributed by atoms with Crippen molar-refractivity contribution in [2.45, 2.75) is 0 Å². The molecule has 0 radical (unpaired) electrons. The Labute approximate surface area is 185 Å². The lowest BCUT2D eigenvalue weighted by atomic mass is 10.1. The van der Waals surface area contributed by atoms with E-state index in [4.69, 9.17) is 9.15 Å². The number of benzene rings is 3. The van der Waals surface area contributed by atoms with Gasteiger partial charge in [-0.3, -0.25) is 29.4 Å². The fourth-order valence-corrected chi connectivity index (χ4v) is 3.96. The summed E-state index contributed by atoms with van der Waals surface area (Å²) in [5, 5.41) is 15.6. The second kappa shape index (κ2) is 7.45. The zero-order chi connectivity index (χ0) is 23.3. The summed E-state index contributed by atoms with van der Waals surface area (Å²) in [6.07, 6.45) is 0. The van der Waals surface area contributed by atoms with Crippen molar-refractivity contribution in [2.75, 3.05) is 19.0 Å². The second-order valence-electron chi connectivity index (χ2n) is 7.35. The molecule has 1 aliphatic rings. The van der Waals surface area contributed by atoms with Gasteiger partial charge in [0, 0.05) is 22.9 Å². The Morgan fingerprint density at radius 3 is 2.61 bits per heavy atom. The van der Waals surface area contributed by atoms with Gasteiger partial charge in [0.05, 0.1) is 23.3 Å². The van der Waals surface area contributed by atoms with Crippen LogP contribution >= 0.6 is 0 Å². The molecular weight excluding hydrogens is 430 g/mol. The number of imide groups is 1. The summed E-state index contributed by atoms with van der Waals surface area (Å²) in [7, 11) is 1.45. The number of nitrogens with zero attached hydrogens (tertiary/aromatic N) is 2. The van der Waals surface area contributed by atoms with Crippen LogP contribution in [0.1, 0.15) is 20.7 Å². The van der Waals surface area contributed by atoms with E-state index in [1.807, 2.05) is 24.3 Å². The van der Waals surface area contributed by atoms with Crippen LogP contribution in [0.15, 0.2) is 59.0 Å². The number of nitro groups is 1. The van der Waals surface area contributed by atoms with Crippen molar-refractivity contribution < 1.29 is 28.5 Å². The minimum Gasteiger partial charge on any atom is -0.495 e. The third-order valence-corrected chi connectivity index (χ3v) is 5.45. The second-order valence-corrected chi connectivity index (χ2v) is 7.35. The van der Waals surface area contributed by atoms with Crippen molar-refractivity contribution in [3.8, 4) is 5.75 Å². The fourth-order valence-electron chi connectivity index (χ4n) is 3.96. The maximum Gasteiger partial charge on any atom is 0.282 e. The van der Waals surface area contributed by atoms with Gasteiger partial charge in [-0.25, -0.2) is 0 Å². The molecule has 0 fully saturated rings. The molecule has 0 atom stereocenters. The third-order valence-electron chi connectivity index (χ3n) is 5.45. The van der Waals surface area contributed by atoms with Gasteiger partial charge in [-0.2, -0.15) is 0 Å². The highest BCUT2D eigenvalue weighted by Gasteiger charge is 2.41. The number of carbonyl (C=O) groups excluding carboxylic acids is 3. The largest absolute Gasteiger partial charge is 0.495 e. The molecule has 33 heavy (non-hydrogen) atoms. The minimum absolute atomic E-state index is 0.108. The predicted octanol–water partition coefficient (Wildman–Crippen LogP) is 3.74. The van der Waals surface area contributed by atoms with Crippen LogP contribution in [0.5, 0.6) is 5.75 Å². The number of fused-ring (bicyclic) bond motifs is 4. The molecule has 0 spiro atoms. The van der Waals surface area contributed by atoms with Crippen LogP contribution in [0.25, 0.3) is 21.9 Å². The van der Waals surface area contributed by atoms with E-state index in [2.05, 4.69) is 5.32 Å². The number of rotatable bonds is 5. The Kier molecular flexibility index (Phi) is 4.56. The van der Waals surface area contributed by atoms with E-state index in [0.717, 1.165) is 16.8 Å². The highest BCUT2D eigenvalue weighted by molar-refractivity contribution is 6.24. The molecule has 0 bridgehead atoms. The molecule has 1 aromatic heterocycles. The molecule has 0 saturated heterocycles. The van der Waals surface area contributed by atoms with E-state index in [9.17, 15) is 24.5 Å². The van der Waals surface area contributed by atoms with Crippen molar-refractivity contribution in [1.29, 1.82) is 0 Å². The van der Waals surface area contributed by atoms with Gasteiger partial charge in [0.15, 0.2) is 0 Å². The summed E-state index contributed by atoms with van der Waals surface area (Å²) in [6.45, 7) is -0.620. The molecule has 3 amide bonds. The number of hydrogen-bond acceptors (Lipinski definition) is 7. The fraction of sp³-hybridized carbons (Fsp3) is 0.0870. The summed E-state index contributed by atoms with van der Waals surface area (Å²) in [4.78, 5) is 49.2. The number of amides is 3. The summed E-state index contributed by atoms with van der Waals surface area (Å²) in [5.74, 6) is -1.98. The quantitative estimate of drug-likeness (QED) is 0.281. The van der Waals surface area contributed by atoms with Crippen LogP contribution < -0.4 is 10.1 Å². The topological polar surface area (TPSA) is 132 Å². The number of ether oxygens (including phenoxy) is 1. The number of furan rings is 1. The number of hydrogen-bond donors (Lipinski definition) is 1. The third kappa shape index (κ3) is 3.16. The molecule has 1 aliphatic heterocycles. The lowest BCUT2D eigenvalue weighted by Gasteiger charge is -2.15. The first-order valence-electron chi connectivity index (χ1n) is 9.81. The van der Waals surface area contributed by atoms with E-state index in [1.54, 1.807) is 12.1 Å². The zero-order valence-corrected chi connectivity index (χ0v) is 17.2. The van der Waals surface area contributed by atoms with Crippen LogP contribution in [0.4, 0.5) is 11.4 Å². The van der Waals surface area contributed by atoms with Gasteiger partial charge in [0.2, 0.25) is 5.91 Å². The van der Waals surface area contributed by atoms with Gasteiger partial charge in [-0.1, -0.05) is 24.3 Å². The van der Waals surface area contributed by atoms with Crippen LogP contribution in [0, 0.1) is 10.1 Å². The Bertz CT molecular complexity index is 1510. The predicted molar refractivity (Wildman–Crippen MR) is 117 cm³/mol. The van der Waals surface area contributed by atoms with Crippen molar-refractivity contribution in [3.63, 3.8) is 0 Å². The minimum atomic E-state index is -0.892.